The minimum absolute atomic E-state index is 0.00190. The van der Waals surface area contributed by atoms with Crippen molar-refractivity contribution in [3.05, 3.63) is 29.3 Å². The van der Waals surface area contributed by atoms with Gasteiger partial charge in [-0.05, 0) is 30.9 Å². The van der Waals surface area contributed by atoms with Gasteiger partial charge in [-0.15, -0.1) is 0 Å². The maximum atomic E-state index is 13.4. The van der Waals surface area contributed by atoms with Gasteiger partial charge in [0, 0.05) is 31.8 Å². The summed E-state index contributed by atoms with van der Waals surface area (Å²) in [5.41, 5.74) is 2.43. The molecule has 6 atom stereocenters. The lowest BCUT2D eigenvalue weighted by Crippen LogP contribution is -2.75. The first kappa shape index (κ1) is 18.5. The van der Waals surface area contributed by atoms with Crippen molar-refractivity contribution in [3.63, 3.8) is 0 Å². The van der Waals surface area contributed by atoms with Crippen molar-refractivity contribution >= 4 is 11.7 Å². The molecule has 0 amide bonds. The highest BCUT2D eigenvalue weighted by atomic mass is 16.6. The van der Waals surface area contributed by atoms with Crippen LogP contribution in [0.3, 0.4) is 0 Å². The Balaban J connectivity index is 1.67. The van der Waals surface area contributed by atoms with Gasteiger partial charge in [-0.1, -0.05) is 11.6 Å². The molecule has 0 aromatic heterocycles. The van der Waals surface area contributed by atoms with E-state index >= 15 is 0 Å². The van der Waals surface area contributed by atoms with Gasteiger partial charge in [-0.25, -0.2) is 0 Å². The molecule has 4 bridgehead atoms. The zero-order valence-electron chi connectivity index (χ0n) is 18.1. The Labute approximate surface area is 176 Å². The van der Waals surface area contributed by atoms with Gasteiger partial charge in [0.15, 0.2) is 17.2 Å². The molecule has 1 aromatic rings. The molecule has 7 heteroatoms. The number of hydrogen-bond donors (Lipinski definition) is 0. The van der Waals surface area contributed by atoms with Crippen molar-refractivity contribution in [2.75, 3.05) is 39.8 Å². The van der Waals surface area contributed by atoms with Crippen LogP contribution in [-0.2, 0) is 19.7 Å². The SMILES string of the molecule is C/C=C1/CN2C3CC45c6cc(OC)c(OC)cc6N(C)C4(O3)C2CC1C5C(=O)OC. The van der Waals surface area contributed by atoms with Crippen molar-refractivity contribution in [1.29, 1.82) is 0 Å². The molecule has 1 aromatic carbocycles. The molecule has 4 heterocycles. The second kappa shape index (κ2) is 5.71. The number of esters is 1. The van der Waals surface area contributed by atoms with E-state index in [0.29, 0.717) is 11.5 Å². The molecule has 0 N–H and O–H groups in total. The van der Waals surface area contributed by atoms with Gasteiger partial charge in [0.1, 0.15) is 6.23 Å². The molecule has 4 fully saturated rings. The number of carbonyl (C=O) groups is 1. The minimum atomic E-state index is -0.577. The summed E-state index contributed by atoms with van der Waals surface area (Å²) < 4.78 is 23.6. The maximum absolute atomic E-state index is 13.4. The van der Waals surface area contributed by atoms with E-state index in [2.05, 4.69) is 35.9 Å². The highest BCUT2D eigenvalue weighted by Gasteiger charge is 2.83. The van der Waals surface area contributed by atoms with Crippen LogP contribution < -0.4 is 14.4 Å². The lowest BCUT2D eigenvalue weighted by molar-refractivity contribution is -0.162. The number of anilines is 1. The molecule has 6 unspecified atom stereocenters. The van der Waals surface area contributed by atoms with E-state index in [-0.39, 0.29) is 30.1 Å². The van der Waals surface area contributed by atoms with Gasteiger partial charge in [-0.2, -0.15) is 0 Å². The van der Waals surface area contributed by atoms with Crippen molar-refractivity contribution in [1.82, 2.24) is 4.90 Å². The first-order chi connectivity index (χ1) is 14.5. The quantitative estimate of drug-likeness (QED) is 0.558. The van der Waals surface area contributed by atoms with E-state index < -0.39 is 11.1 Å². The smallest absolute Gasteiger partial charge is 0.310 e. The predicted octanol–water partition coefficient (Wildman–Crippen LogP) is 2.29. The fourth-order valence-electron chi connectivity index (χ4n) is 7.58. The van der Waals surface area contributed by atoms with E-state index in [1.165, 1.54) is 12.7 Å². The molecule has 3 saturated heterocycles. The Morgan fingerprint density at radius 1 is 1.23 bits per heavy atom. The van der Waals surface area contributed by atoms with Gasteiger partial charge >= 0.3 is 5.97 Å². The van der Waals surface area contributed by atoms with E-state index in [9.17, 15) is 4.79 Å². The number of nitrogens with zero attached hydrogens (tertiary/aromatic N) is 2. The summed E-state index contributed by atoms with van der Waals surface area (Å²) in [6.45, 7) is 2.94. The van der Waals surface area contributed by atoms with Gasteiger partial charge in [0.25, 0.3) is 0 Å². The Morgan fingerprint density at radius 3 is 2.63 bits per heavy atom. The monoisotopic (exact) mass is 412 g/mol. The lowest BCUT2D eigenvalue weighted by atomic mass is 9.49. The van der Waals surface area contributed by atoms with Crippen LogP contribution in [0.15, 0.2) is 23.8 Å². The molecule has 5 aliphatic rings. The van der Waals surface area contributed by atoms with Crippen molar-refractivity contribution < 1.29 is 23.7 Å². The Kier molecular flexibility index (Phi) is 3.52. The fourth-order valence-corrected chi connectivity index (χ4v) is 7.58. The molecule has 4 aliphatic heterocycles. The first-order valence-electron chi connectivity index (χ1n) is 10.6. The molecule has 160 valence electrons. The van der Waals surface area contributed by atoms with E-state index in [4.69, 9.17) is 18.9 Å². The summed E-state index contributed by atoms with van der Waals surface area (Å²) in [7, 11) is 6.90. The highest BCUT2D eigenvalue weighted by Crippen LogP contribution is 2.74. The number of piperidine rings is 2. The molecular formula is C23H28N2O5. The summed E-state index contributed by atoms with van der Waals surface area (Å²) in [6.07, 6.45) is 3.88. The van der Waals surface area contributed by atoms with Crippen LogP contribution in [0.1, 0.15) is 25.3 Å². The summed E-state index contributed by atoms with van der Waals surface area (Å²) in [5, 5.41) is 0. The van der Waals surface area contributed by atoms with Crippen LogP contribution >= 0.6 is 0 Å². The second-order valence-electron chi connectivity index (χ2n) is 9.12. The molecule has 1 aliphatic carbocycles. The summed E-state index contributed by atoms with van der Waals surface area (Å²) in [5.74, 6) is 1.09. The van der Waals surface area contributed by atoms with Crippen LogP contribution in [0.4, 0.5) is 5.69 Å². The number of fused-ring (bicyclic) bond motifs is 4. The number of methoxy groups -OCH3 is 3. The number of ether oxygens (including phenoxy) is 4. The number of likely N-dealkylation sites (N-methyl/N-ethyl adjacent to an activating group) is 1. The summed E-state index contributed by atoms with van der Waals surface area (Å²) in [4.78, 5) is 18.2. The van der Waals surface area contributed by atoms with Crippen LogP contribution in [0.2, 0.25) is 0 Å². The van der Waals surface area contributed by atoms with Gasteiger partial charge in [0.2, 0.25) is 0 Å². The van der Waals surface area contributed by atoms with E-state index in [0.717, 1.165) is 30.6 Å². The Bertz CT molecular complexity index is 992. The van der Waals surface area contributed by atoms with Crippen molar-refractivity contribution in [2.45, 2.75) is 43.2 Å². The van der Waals surface area contributed by atoms with E-state index in [1.807, 2.05) is 6.07 Å². The number of carbonyl (C=O) groups excluding carboxylic acids is 1. The third-order valence-electron chi connectivity index (χ3n) is 8.59. The first-order valence-corrected chi connectivity index (χ1v) is 10.6. The number of allylic oxidation sites excluding steroid dienone is 1. The molecule has 0 radical (unpaired) electrons. The fraction of sp³-hybridized carbons (Fsp3) is 0.609. The molecule has 1 spiro atoms. The number of rotatable bonds is 3. The van der Waals surface area contributed by atoms with Crippen LogP contribution in [0.5, 0.6) is 11.5 Å². The largest absolute Gasteiger partial charge is 0.493 e. The summed E-state index contributed by atoms with van der Waals surface area (Å²) in [6, 6.07) is 4.34. The van der Waals surface area contributed by atoms with Crippen molar-refractivity contribution in [3.8, 4) is 11.5 Å². The summed E-state index contributed by atoms with van der Waals surface area (Å²) >= 11 is 0. The van der Waals surface area contributed by atoms with Crippen LogP contribution in [0, 0.1) is 11.8 Å². The zero-order valence-corrected chi connectivity index (χ0v) is 18.1. The Morgan fingerprint density at radius 2 is 1.97 bits per heavy atom. The third-order valence-corrected chi connectivity index (χ3v) is 8.59. The van der Waals surface area contributed by atoms with Crippen LogP contribution in [-0.4, -0.2) is 63.8 Å². The standard InChI is InChI=1S/C23H28N2O5/c1-6-12-11-25-18-7-13(12)20(21(26)29-5)22-10-19(25)30-23(18,22)24(2)15-9-17(28-4)16(27-3)8-14(15)22/h6,8-9,13,18-20H,7,10-11H2,1-5H3/b12-6-. The van der Waals surface area contributed by atoms with Crippen molar-refractivity contribution in [2.24, 2.45) is 11.8 Å². The molecule has 7 nitrogen and oxygen atoms in total. The van der Waals surface area contributed by atoms with E-state index in [1.54, 1.807) is 14.2 Å². The zero-order chi connectivity index (χ0) is 21.0. The molecule has 6 rings (SSSR count). The number of benzene rings is 1. The van der Waals surface area contributed by atoms with Gasteiger partial charge < -0.3 is 23.8 Å². The molecular weight excluding hydrogens is 384 g/mol. The maximum Gasteiger partial charge on any atom is 0.310 e. The second-order valence-corrected chi connectivity index (χ2v) is 9.12. The van der Waals surface area contributed by atoms with Gasteiger partial charge in [0.05, 0.1) is 38.7 Å². The van der Waals surface area contributed by atoms with Gasteiger partial charge in [-0.3, -0.25) is 9.69 Å². The normalized spacial score (nSPS) is 41.2. The lowest BCUT2D eigenvalue weighted by Gasteiger charge is -2.61. The predicted molar refractivity (Wildman–Crippen MR) is 110 cm³/mol. The molecule has 30 heavy (non-hydrogen) atoms. The minimum Gasteiger partial charge on any atom is -0.493 e. The Hall–Kier alpha value is -2.25. The average Bonchev–Trinajstić information content (AvgIpc) is 3.37. The van der Waals surface area contributed by atoms with Crippen LogP contribution in [0.25, 0.3) is 0 Å². The molecule has 1 saturated carbocycles. The highest BCUT2D eigenvalue weighted by molar-refractivity contribution is 5.83. The average molecular weight is 412 g/mol. The topological polar surface area (TPSA) is 60.5 Å². The third kappa shape index (κ3) is 1.69. The number of hydrogen-bond acceptors (Lipinski definition) is 7.